The molecule has 0 saturated heterocycles. The minimum absolute atomic E-state index is 0.0259. The molecule has 2 aromatic carbocycles. The van der Waals surface area contributed by atoms with Crippen LogP contribution in [0.5, 0.6) is 11.5 Å². The smallest absolute Gasteiger partial charge is 0.225 e. The maximum atomic E-state index is 12.3. The molecule has 0 bridgehead atoms. The standard InChI is InChI=1S/C22H26N2O3/c1-15(13-21(25)24-18-5-3-2-4-6-18)23-22(16-7-8-16)17-9-10-19-20(14-17)27-12-11-26-19/h2-6,9-10,14-16,22-23H,7-8,11-13H2,1H3,(H,24,25). The first-order valence-electron chi connectivity index (χ1n) is 9.69. The van der Waals surface area contributed by atoms with Crippen LogP contribution >= 0.6 is 0 Å². The third-order valence-corrected chi connectivity index (χ3v) is 5.03. The van der Waals surface area contributed by atoms with Crippen LogP contribution < -0.4 is 20.1 Å². The molecule has 2 N–H and O–H groups in total. The molecule has 5 heteroatoms. The molecule has 1 saturated carbocycles. The number of rotatable bonds is 7. The van der Waals surface area contributed by atoms with Gasteiger partial charge in [0.15, 0.2) is 11.5 Å². The van der Waals surface area contributed by atoms with E-state index in [1.807, 2.05) is 36.4 Å². The van der Waals surface area contributed by atoms with Crippen molar-refractivity contribution < 1.29 is 14.3 Å². The molecule has 1 aliphatic heterocycles. The second-order valence-electron chi connectivity index (χ2n) is 7.40. The first-order valence-corrected chi connectivity index (χ1v) is 9.69. The van der Waals surface area contributed by atoms with Crippen molar-refractivity contribution in [3.63, 3.8) is 0 Å². The first kappa shape index (κ1) is 17.9. The first-order chi connectivity index (χ1) is 13.2. The van der Waals surface area contributed by atoms with Crippen LogP contribution in [0.2, 0.25) is 0 Å². The van der Waals surface area contributed by atoms with E-state index in [4.69, 9.17) is 9.47 Å². The third kappa shape index (κ3) is 4.61. The van der Waals surface area contributed by atoms with Gasteiger partial charge in [0.25, 0.3) is 0 Å². The van der Waals surface area contributed by atoms with Crippen molar-refractivity contribution in [1.29, 1.82) is 0 Å². The number of nitrogens with one attached hydrogen (secondary N) is 2. The zero-order chi connectivity index (χ0) is 18.6. The number of carbonyl (C=O) groups excluding carboxylic acids is 1. The number of ether oxygens (including phenoxy) is 2. The number of benzene rings is 2. The lowest BCUT2D eigenvalue weighted by atomic mass is 10.00. The van der Waals surface area contributed by atoms with Crippen molar-refractivity contribution >= 4 is 11.6 Å². The quantitative estimate of drug-likeness (QED) is 0.780. The Labute approximate surface area is 160 Å². The fraction of sp³-hybridized carbons (Fsp3) is 0.409. The Kier molecular flexibility index (Phi) is 5.30. The number of carbonyl (C=O) groups is 1. The minimum Gasteiger partial charge on any atom is -0.486 e. The highest BCUT2D eigenvalue weighted by Gasteiger charge is 2.34. The van der Waals surface area contributed by atoms with Gasteiger partial charge in [-0.05, 0) is 55.5 Å². The molecule has 2 aromatic rings. The number of para-hydroxylation sites is 1. The van der Waals surface area contributed by atoms with Gasteiger partial charge in [0.05, 0.1) is 0 Å². The third-order valence-electron chi connectivity index (χ3n) is 5.03. The second-order valence-corrected chi connectivity index (χ2v) is 7.40. The second kappa shape index (κ2) is 8.01. The Morgan fingerprint density at radius 1 is 1.07 bits per heavy atom. The normalized spacial score (nSPS) is 17.8. The summed E-state index contributed by atoms with van der Waals surface area (Å²) in [4.78, 5) is 12.3. The molecule has 4 rings (SSSR count). The predicted octanol–water partition coefficient (Wildman–Crippen LogP) is 3.92. The Bertz CT molecular complexity index is 789. The highest BCUT2D eigenvalue weighted by atomic mass is 16.6. The molecule has 27 heavy (non-hydrogen) atoms. The van der Waals surface area contributed by atoms with Crippen molar-refractivity contribution in [2.24, 2.45) is 5.92 Å². The van der Waals surface area contributed by atoms with Crippen molar-refractivity contribution in [3.05, 3.63) is 54.1 Å². The van der Waals surface area contributed by atoms with Crippen LogP contribution in [0.15, 0.2) is 48.5 Å². The maximum Gasteiger partial charge on any atom is 0.225 e. The highest BCUT2D eigenvalue weighted by molar-refractivity contribution is 5.91. The van der Waals surface area contributed by atoms with Gasteiger partial charge in [-0.2, -0.15) is 0 Å². The largest absolute Gasteiger partial charge is 0.486 e. The molecule has 1 fully saturated rings. The monoisotopic (exact) mass is 366 g/mol. The summed E-state index contributed by atoms with van der Waals surface area (Å²) < 4.78 is 11.4. The van der Waals surface area contributed by atoms with E-state index in [1.165, 1.54) is 18.4 Å². The van der Waals surface area contributed by atoms with Crippen molar-refractivity contribution in [3.8, 4) is 11.5 Å². The molecular weight excluding hydrogens is 340 g/mol. The molecular formula is C22H26N2O3. The molecule has 0 spiro atoms. The topological polar surface area (TPSA) is 59.6 Å². The van der Waals surface area contributed by atoms with Crippen molar-refractivity contribution in [2.75, 3.05) is 18.5 Å². The van der Waals surface area contributed by atoms with Crippen LogP contribution in [-0.2, 0) is 4.79 Å². The van der Waals surface area contributed by atoms with Crippen molar-refractivity contribution in [2.45, 2.75) is 38.3 Å². The maximum absolute atomic E-state index is 12.3. The molecule has 142 valence electrons. The van der Waals surface area contributed by atoms with E-state index in [0.29, 0.717) is 25.6 Å². The summed E-state index contributed by atoms with van der Waals surface area (Å²) in [7, 11) is 0. The van der Waals surface area contributed by atoms with Gasteiger partial charge in [0.1, 0.15) is 13.2 Å². The summed E-state index contributed by atoms with van der Waals surface area (Å²) in [6.07, 6.45) is 2.87. The average Bonchev–Trinajstić information content (AvgIpc) is 3.51. The Morgan fingerprint density at radius 3 is 2.56 bits per heavy atom. The molecule has 0 radical (unpaired) electrons. The molecule has 1 heterocycles. The van der Waals surface area contributed by atoms with Crippen LogP contribution in [-0.4, -0.2) is 25.2 Å². The van der Waals surface area contributed by atoms with E-state index >= 15 is 0 Å². The SMILES string of the molecule is CC(CC(=O)Nc1ccccc1)NC(c1ccc2c(c1)OCCO2)C1CC1. The fourth-order valence-electron chi connectivity index (χ4n) is 3.56. The molecule has 2 atom stereocenters. The molecule has 2 aliphatic rings. The lowest BCUT2D eigenvalue weighted by Crippen LogP contribution is -2.35. The van der Waals surface area contributed by atoms with E-state index in [2.05, 4.69) is 29.7 Å². The molecule has 2 unspecified atom stereocenters. The number of anilines is 1. The van der Waals surface area contributed by atoms with Gasteiger partial charge < -0.3 is 20.1 Å². The molecule has 5 nitrogen and oxygen atoms in total. The van der Waals surface area contributed by atoms with Gasteiger partial charge in [0.2, 0.25) is 5.91 Å². The summed E-state index contributed by atoms with van der Waals surface area (Å²) in [5, 5.41) is 6.62. The molecule has 1 amide bonds. The van der Waals surface area contributed by atoms with E-state index in [0.717, 1.165) is 17.2 Å². The Hall–Kier alpha value is -2.53. The Morgan fingerprint density at radius 2 is 1.81 bits per heavy atom. The van der Waals surface area contributed by atoms with Crippen LogP contribution in [0.1, 0.15) is 37.8 Å². The van der Waals surface area contributed by atoms with Gasteiger partial charge in [-0.3, -0.25) is 4.79 Å². The summed E-state index contributed by atoms with van der Waals surface area (Å²) in [5.74, 6) is 2.28. The number of fused-ring (bicyclic) bond motifs is 1. The summed E-state index contributed by atoms with van der Waals surface area (Å²) in [5.41, 5.74) is 2.04. The van der Waals surface area contributed by atoms with E-state index in [9.17, 15) is 4.79 Å². The zero-order valence-corrected chi connectivity index (χ0v) is 15.6. The lowest BCUT2D eigenvalue weighted by molar-refractivity contribution is -0.116. The zero-order valence-electron chi connectivity index (χ0n) is 15.6. The van der Waals surface area contributed by atoms with Gasteiger partial charge in [-0.15, -0.1) is 0 Å². The fourth-order valence-corrected chi connectivity index (χ4v) is 3.56. The number of amides is 1. The van der Waals surface area contributed by atoms with Crippen LogP contribution in [0.25, 0.3) is 0 Å². The number of hydrogen-bond donors (Lipinski definition) is 2. The summed E-state index contributed by atoms with van der Waals surface area (Å²) in [6.45, 7) is 3.26. The van der Waals surface area contributed by atoms with Crippen molar-refractivity contribution in [1.82, 2.24) is 5.32 Å². The molecule has 0 aromatic heterocycles. The Balaban J connectivity index is 1.39. The van der Waals surface area contributed by atoms with E-state index in [-0.39, 0.29) is 18.0 Å². The summed E-state index contributed by atoms with van der Waals surface area (Å²) in [6, 6.07) is 16.1. The molecule has 1 aliphatic carbocycles. The van der Waals surface area contributed by atoms with Crippen LogP contribution in [0.4, 0.5) is 5.69 Å². The lowest BCUT2D eigenvalue weighted by Gasteiger charge is -2.25. The van der Waals surface area contributed by atoms with Gasteiger partial charge in [-0.1, -0.05) is 24.3 Å². The summed E-state index contributed by atoms with van der Waals surface area (Å²) >= 11 is 0. The van der Waals surface area contributed by atoms with Gasteiger partial charge in [-0.25, -0.2) is 0 Å². The number of hydrogen-bond acceptors (Lipinski definition) is 4. The van der Waals surface area contributed by atoms with Crippen LogP contribution in [0.3, 0.4) is 0 Å². The average molecular weight is 366 g/mol. The van der Waals surface area contributed by atoms with E-state index < -0.39 is 0 Å². The minimum atomic E-state index is 0.0259. The highest BCUT2D eigenvalue weighted by Crippen LogP contribution is 2.43. The van der Waals surface area contributed by atoms with E-state index in [1.54, 1.807) is 0 Å². The predicted molar refractivity (Wildman–Crippen MR) is 105 cm³/mol. The van der Waals surface area contributed by atoms with Gasteiger partial charge >= 0.3 is 0 Å². The van der Waals surface area contributed by atoms with Gasteiger partial charge in [0, 0.05) is 24.2 Å². The van der Waals surface area contributed by atoms with Crippen LogP contribution in [0, 0.1) is 5.92 Å².